The Morgan fingerprint density at radius 2 is 2.00 bits per heavy atom. The first-order chi connectivity index (χ1) is 4.91. The Balaban J connectivity index is 2.78. The second-order valence-electron chi connectivity index (χ2n) is 3.93. The number of nitrogens with one attached hydrogen (secondary N) is 1. The Morgan fingerprint density at radius 1 is 1.36 bits per heavy atom. The number of hydrogen-bond acceptors (Lipinski definition) is 3. The molecule has 66 valence electrons. The van der Waals surface area contributed by atoms with Gasteiger partial charge in [0, 0.05) is 13.1 Å². The van der Waals surface area contributed by atoms with Crippen LogP contribution in [0.25, 0.3) is 0 Å². The van der Waals surface area contributed by atoms with Crippen molar-refractivity contribution in [2.45, 2.75) is 13.8 Å². The molecule has 0 amide bonds. The lowest BCUT2D eigenvalue weighted by Gasteiger charge is -2.20. The highest BCUT2D eigenvalue weighted by molar-refractivity contribution is 7.91. The molecule has 11 heavy (non-hydrogen) atoms. The van der Waals surface area contributed by atoms with E-state index in [0.29, 0.717) is 12.3 Å². The van der Waals surface area contributed by atoms with Crippen LogP contribution in [0.15, 0.2) is 0 Å². The van der Waals surface area contributed by atoms with Gasteiger partial charge in [0.1, 0.15) is 0 Å². The molecule has 1 aliphatic heterocycles. The Kier molecular flexibility index (Phi) is 2.25. The van der Waals surface area contributed by atoms with Gasteiger partial charge in [-0.3, -0.25) is 0 Å². The summed E-state index contributed by atoms with van der Waals surface area (Å²) in [5.74, 6) is 0.601. The highest BCUT2D eigenvalue weighted by atomic mass is 32.2. The van der Waals surface area contributed by atoms with Crippen molar-refractivity contribution < 1.29 is 8.42 Å². The molecule has 4 heteroatoms. The van der Waals surface area contributed by atoms with Crippen LogP contribution < -0.4 is 5.32 Å². The second kappa shape index (κ2) is 2.75. The molecule has 0 aromatic carbocycles. The Bertz CT molecular complexity index is 231. The van der Waals surface area contributed by atoms with Gasteiger partial charge in [-0.15, -0.1) is 0 Å². The maximum absolute atomic E-state index is 11.2. The zero-order valence-electron chi connectivity index (χ0n) is 7.05. The van der Waals surface area contributed by atoms with E-state index >= 15 is 0 Å². The molecule has 0 unspecified atom stereocenters. The van der Waals surface area contributed by atoms with Crippen LogP contribution in [0.4, 0.5) is 0 Å². The van der Waals surface area contributed by atoms with E-state index in [0.717, 1.165) is 6.54 Å². The summed E-state index contributed by atoms with van der Waals surface area (Å²) in [6.07, 6.45) is 0. The van der Waals surface area contributed by atoms with Gasteiger partial charge in [0.15, 0.2) is 9.84 Å². The van der Waals surface area contributed by atoms with E-state index in [9.17, 15) is 8.42 Å². The first kappa shape index (κ1) is 9.00. The lowest BCUT2D eigenvalue weighted by atomic mass is 9.97. The van der Waals surface area contributed by atoms with E-state index in [1.165, 1.54) is 0 Å². The van der Waals surface area contributed by atoms with Crippen molar-refractivity contribution in [2.24, 2.45) is 5.41 Å². The van der Waals surface area contributed by atoms with E-state index in [4.69, 9.17) is 0 Å². The molecule has 0 radical (unpaired) electrons. The van der Waals surface area contributed by atoms with Crippen LogP contribution in [0.3, 0.4) is 0 Å². The number of hydrogen-bond donors (Lipinski definition) is 1. The van der Waals surface area contributed by atoms with E-state index in [1.54, 1.807) is 0 Å². The first-order valence-corrected chi connectivity index (χ1v) is 5.65. The summed E-state index contributed by atoms with van der Waals surface area (Å²) in [6.45, 7) is 5.35. The summed E-state index contributed by atoms with van der Waals surface area (Å²) in [4.78, 5) is 0. The summed E-state index contributed by atoms with van der Waals surface area (Å²) < 4.78 is 22.5. The molecule has 0 aromatic rings. The minimum atomic E-state index is -2.79. The smallest absolute Gasteiger partial charge is 0.152 e. The van der Waals surface area contributed by atoms with Crippen LogP contribution in [-0.4, -0.2) is 33.0 Å². The van der Waals surface area contributed by atoms with Crippen LogP contribution in [0.5, 0.6) is 0 Å². The van der Waals surface area contributed by atoms with Gasteiger partial charge in [0.05, 0.1) is 11.5 Å². The zero-order valence-corrected chi connectivity index (χ0v) is 7.87. The van der Waals surface area contributed by atoms with E-state index in [-0.39, 0.29) is 11.2 Å². The van der Waals surface area contributed by atoms with Gasteiger partial charge >= 0.3 is 0 Å². The average molecular weight is 177 g/mol. The highest BCUT2D eigenvalue weighted by Crippen LogP contribution is 2.18. The average Bonchev–Trinajstić information content (AvgIpc) is 1.86. The quantitative estimate of drug-likeness (QED) is 0.568. The third-order valence-electron chi connectivity index (χ3n) is 1.80. The van der Waals surface area contributed by atoms with Gasteiger partial charge in [-0.25, -0.2) is 8.42 Å². The van der Waals surface area contributed by atoms with Gasteiger partial charge in [-0.2, -0.15) is 0 Å². The number of rotatable bonds is 0. The largest absolute Gasteiger partial charge is 0.315 e. The minimum Gasteiger partial charge on any atom is -0.315 e. The molecule has 0 spiro atoms. The summed E-state index contributed by atoms with van der Waals surface area (Å²) in [6, 6.07) is 0. The van der Waals surface area contributed by atoms with Gasteiger partial charge in [0.2, 0.25) is 0 Å². The van der Waals surface area contributed by atoms with Crippen molar-refractivity contribution in [1.29, 1.82) is 0 Å². The van der Waals surface area contributed by atoms with Gasteiger partial charge < -0.3 is 5.32 Å². The Morgan fingerprint density at radius 3 is 2.64 bits per heavy atom. The van der Waals surface area contributed by atoms with Crippen molar-refractivity contribution in [3.8, 4) is 0 Å². The molecule has 1 fully saturated rings. The van der Waals surface area contributed by atoms with Crippen LogP contribution in [0.2, 0.25) is 0 Å². The zero-order chi connectivity index (χ0) is 8.54. The molecule has 0 aromatic heterocycles. The van der Waals surface area contributed by atoms with E-state index < -0.39 is 9.84 Å². The predicted molar refractivity (Wildman–Crippen MR) is 45.3 cm³/mol. The molecular weight excluding hydrogens is 162 g/mol. The fraction of sp³-hybridized carbons (Fsp3) is 1.00. The highest BCUT2D eigenvalue weighted by Gasteiger charge is 2.28. The van der Waals surface area contributed by atoms with Crippen LogP contribution in [-0.2, 0) is 9.84 Å². The molecule has 1 rings (SSSR count). The fourth-order valence-corrected chi connectivity index (χ4v) is 3.27. The summed E-state index contributed by atoms with van der Waals surface area (Å²) in [5.41, 5.74) is -0.102. The van der Waals surface area contributed by atoms with Crippen LogP contribution in [0, 0.1) is 5.41 Å². The molecule has 1 saturated heterocycles. The minimum absolute atomic E-state index is 0.102. The fourth-order valence-electron chi connectivity index (χ4n) is 1.37. The second-order valence-corrected chi connectivity index (χ2v) is 6.12. The monoisotopic (exact) mass is 177 g/mol. The van der Waals surface area contributed by atoms with Crippen LogP contribution >= 0.6 is 0 Å². The maximum Gasteiger partial charge on any atom is 0.152 e. The number of sulfone groups is 1. The standard InChI is InChI=1S/C7H15NO2S/c1-7(2)5-8-3-4-11(9,10)6-7/h8H,3-6H2,1-2H3. The topological polar surface area (TPSA) is 46.2 Å². The maximum atomic E-state index is 11.2. The van der Waals surface area contributed by atoms with Crippen molar-refractivity contribution in [3.63, 3.8) is 0 Å². The Labute approximate surface area is 68.1 Å². The molecule has 1 N–H and O–H groups in total. The van der Waals surface area contributed by atoms with Gasteiger partial charge in [-0.05, 0) is 5.41 Å². The molecule has 1 aliphatic rings. The van der Waals surface area contributed by atoms with Crippen molar-refractivity contribution in [3.05, 3.63) is 0 Å². The third-order valence-corrected chi connectivity index (χ3v) is 3.85. The van der Waals surface area contributed by atoms with Crippen LogP contribution in [0.1, 0.15) is 13.8 Å². The first-order valence-electron chi connectivity index (χ1n) is 3.82. The molecule has 3 nitrogen and oxygen atoms in total. The summed E-state index contributed by atoms with van der Waals surface area (Å²) in [7, 11) is -2.79. The van der Waals surface area contributed by atoms with Crippen molar-refractivity contribution in [1.82, 2.24) is 5.32 Å². The molecule has 0 atom stereocenters. The van der Waals surface area contributed by atoms with Gasteiger partial charge in [0.25, 0.3) is 0 Å². The summed E-state index contributed by atoms with van der Waals surface area (Å²) >= 11 is 0. The SMILES string of the molecule is CC1(C)CNCCS(=O)(=O)C1. The molecule has 1 heterocycles. The molecule has 0 bridgehead atoms. The third kappa shape index (κ3) is 2.79. The predicted octanol–water partition coefficient (Wildman–Crippen LogP) is 0.0306. The molecular formula is C7H15NO2S. The lowest BCUT2D eigenvalue weighted by Crippen LogP contribution is -2.30. The molecule has 0 aliphatic carbocycles. The molecule has 0 saturated carbocycles. The van der Waals surface area contributed by atoms with Crippen molar-refractivity contribution >= 4 is 9.84 Å². The lowest BCUT2D eigenvalue weighted by molar-refractivity contribution is 0.395. The Hall–Kier alpha value is -0.0900. The normalized spacial score (nSPS) is 29.3. The van der Waals surface area contributed by atoms with Crippen molar-refractivity contribution in [2.75, 3.05) is 24.6 Å². The summed E-state index contributed by atoms with van der Waals surface area (Å²) in [5, 5.41) is 3.11. The van der Waals surface area contributed by atoms with E-state index in [2.05, 4.69) is 5.32 Å². The van der Waals surface area contributed by atoms with Gasteiger partial charge in [-0.1, -0.05) is 13.8 Å². The van der Waals surface area contributed by atoms with E-state index in [1.807, 2.05) is 13.8 Å².